The molecule has 0 amide bonds. The number of anilines is 3. The topological polar surface area (TPSA) is 58.1 Å². The van der Waals surface area contributed by atoms with Crippen LogP contribution in [0.15, 0.2) is 90.0 Å². The molecule has 2 aliphatic rings. The first-order valence-corrected chi connectivity index (χ1v) is 10.7. The third kappa shape index (κ3) is 2.41. The number of hydrogen-bond donors (Lipinski definition) is 2. The molecular formula is C20H19N4O2P. The summed E-state index contributed by atoms with van der Waals surface area (Å²) in [7, 11) is -3.87. The van der Waals surface area contributed by atoms with E-state index in [0.29, 0.717) is 5.90 Å². The Hall–Kier alpha value is -3.24. The van der Waals surface area contributed by atoms with E-state index >= 15 is 0 Å². The molecule has 0 fully saturated rings. The first-order chi connectivity index (χ1) is 13.2. The summed E-state index contributed by atoms with van der Waals surface area (Å²) in [5.74, 6) is 1.25. The van der Waals surface area contributed by atoms with Crippen LogP contribution in [0.4, 0.5) is 17.1 Å². The first-order valence-electron chi connectivity index (χ1n) is 8.72. The van der Waals surface area contributed by atoms with Crippen LogP contribution in [0.2, 0.25) is 0 Å². The Labute approximate surface area is 157 Å². The molecule has 2 N–H and O–H groups in total. The molecule has 0 saturated heterocycles. The monoisotopic (exact) mass is 378 g/mol. The molecule has 3 aromatic rings. The van der Waals surface area contributed by atoms with Gasteiger partial charge in [-0.3, -0.25) is 0 Å². The quantitative estimate of drug-likeness (QED) is 0.581. The molecule has 2 aliphatic heterocycles. The summed E-state index contributed by atoms with van der Waals surface area (Å²) in [5, 5.41) is 11.8. The van der Waals surface area contributed by atoms with Crippen LogP contribution in [0.3, 0.4) is 0 Å². The summed E-state index contributed by atoms with van der Waals surface area (Å²) < 4.78 is 14.8. The van der Waals surface area contributed by atoms with Crippen molar-refractivity contribution in [3.63, 3.8) is 0 Å². The van der Waals surface area contributed by atoms with E-state index in [0.717, 1.165) is 22.8 Å². The van der Waals surface area contributed by atoms with Crippen LogP contribution in [-0.2, 0) is 4.52 Å². The van der Waals surface area contributed by atoms with Crippen molar-refractivity contribution in [3.8, 4) is 5.75 Å². The molecule has 3 aromatic carbocycles. The van der Waals surface area contributed by atoms with Gasteiger partial charge in [0.2, 0.25) is 0 Å². The number of para-hydroxylation sites is 4. The van der Waals surface area contributed by atoms with E-state index in [2.05, 4.69) is 15.3 Å². The van der Waals surface area contributed by atoms with Gasteiger partial charge in [0.05, 0.1) is 0 Å². The summed E-state index contributed by atoms with van der Waals surface area (Å²) in [6, 6.07) is 27.6. The van der Waals surface area contributed by atoms with Crippen molar-refractivity contribution in [1.82, 2.24) is 0 Å². The summed E-state index contributed by atoms with van der Waals surface area (Å²) >= 11 is 0. The van der Waals surface area contributed by atoms with Gasteiger partial charge in [0.1, 0.15) is 0 Å². The van der Waals surface area contributed by atoms with E-state index in [9.17, 15) is 0 Å². The van der Waals surface area contributed by atoms with Gasteiger partial charge in [-0.15, -0.1) is 0 Å². The number of hydrogen-bond acceptors (Lipinski definition) is 6. The zero-order valence-electron chi connectivity index (χ0n) is 14.7. The van der Waals surface area contributed by atoms with Gasteiger partial charge in [0.25, 0.3) is 0 Å². The molecule has 0 unspecified atom stereocenters. The van der Waals surface area contributed by atoms with Crippen molar-refractivity contribution in [2.45, 2.75) is 6.92 Å². The average molecular weight is 378 g/mol. The van der Waals surface area contributed by atoms with E-state index in [4.69, 9.17) is 9.05 Å². The van der Waals surface area contributed by atoms with Crippen molar-refractivity contribution in [2.24, 2.45) is 5.10 Å². The molecule has 0 radical (unpaired) electrons. The number of hydrazone groups is 1. The second kappa shape index (κ2) is 5.63. The Morgan fingerprint density at radius 1 is 0.852 bits per heavy atom. The fourth-order valence-corrected chi connectivity index (χ4v) is 7.12. The number of rotatable bonds is 3. The maximum atomic E-state index is 6.58. The fraction of sp³-hybridized carbons (Fsp3) is 0.0500. The van der Waals surface area contributed by atoms with E-state index in [-0.39, 0.29) is 0 Å². The number of nitrogens with zero attached hydrogens (tertiary/aromatic N) is 2. The van der Waals surface area contributed by atoms with Gasteiger partial charge in [-0.1, -0.05) is 0 Å². The van der Waals surface area contributed by atoms with Crippen molar-refractivity contribution in [1.29, 1.82) is 0 Å². The van der Waals surface area contributed by atoms with Crippen molar-refractivity contribution in [2.75, 3.05) is 15.0 Å². The second-order valence-corrected chi connectivity index (χ2v) is 9.45. The molecule has 0 bridgehead atoms. The Morgan fingerprint density at radius 2 is 1.52 bits per heavy atom. The fourth-order valence-electron chi connectivity index (χ4n) is 3.39. The van der Waals surface area contributed by atoms with Crippen LogP contribution in [0.1, 0.15) is 6.92 Å². The van der Waals surface area contributed by atoms with E-state index < -0.39 is 7.51 Å². The zero-order chi connectivity index (χ0) is 18.3. The number of benzene rings is 3. The predicted octanol–water partition coefficient (Wildman–Crippen LogP) is 5.60. The Bertz CT molecular complexity index is 1000. The first kappa shape index (κ1) is 16.0. The zero-order valence-corrected chi connectivity index (χ0v) is 15.6. The minimum absolute atomic E-state index is 0.528. The Balaban J connectivity index is 1.70. The number of fused-ring (bicyclic) bond motifs is 1. The molecular weight excluding hydrogens is 359 g/mol. The van der Waals surface area contributed by atoms with Crippen LogP contribution >= 0.6 is 7.51 Å². The van der Waals surface area contributed by atoms with Crippen molar-refractivity contribution in [3.05, 3.63) is 84.9 Å². The third-order valence-corrected chi connectivity index (χ3v) is 7.88. The van der Waals surface area contributed by atoms with E-state index in [1.54, 1.807) is 0 Å². The molecule has 136 valence electrons. The molecule has 0 aliphatic carbocycles. The van der Waals surface area contributed by atoms with Gasteiger partial charge in [-0.2, -0.15) is 0 Å². The molecule has 6 nitrogen and oxygen atoms in total. The summed E-state index contributed by atoms with van der Waals surface area (Å²) in [5.41, 5.74) is 2.61. The van der Waals surface area contributed by atoms with Crippen molar-refractivity contribution < 1.29 is 9.05 Å². The van der Waals surface area contributed by atoms with Crippen LogP contribution in [0.25, 0.3) is 0 Å². The third-order valence-electron chi connectivity index (χ3n) is 4.44. The van der Waals surface area contributed by atoms with Crippen LogP contribution < -0.4 is 19.5 Å². The van der Waals surface area contributed by atoms with E-state index in [1.807, 2.05) is 96.6 Å². The standard InChI is InChI=1S/C20H19N4O2P/c1-16-21-24(18-12-6-3-7-13-18)27(25-16,22-17-10-4-2-5-11-17)23-19-14-8-9-15-20(19)26-27/h2-15,22-23H,1H3. The van der Waals surface area contributed by atoms with Crippen LogP contribution in [0.5, 0.6) is 5.75 Å². The molecule has 0 saturated carbocycles. The van der Waals surface area contributed by atoms with Crippen molar-refractivity contribution >= 4 is 30.5 Å². The summed E-state index contributed by atoms with van der Waals surface area (Å²) in [4.78, 5) is 0. The predicted molar refractivity (Wildman–Crippen MR) is 111 cm³/mol. The van der Waals surface area contributed by atoms with E-state index in [1.165, 1.54) is 0 Å². The van der Waals surface area contributed by atoms with Crippen LogP contribution in [-0.4, -0.2) is 5.90 Å². The van der Waals surface area contributed by atoms with Gasteiger partial charge in [-0.25, -0.2) is 0 Å². The average Bonchev–Trinajstić information content (AvgIpc) is 3.16. The molecule has 1 spiro atoms. The maximum absolute atomic E-state index is 6.58. The Morgan fingerprint density at radius 3 is 2.26 bits per heavy atom. The molecule has 7 heteroatoms. The second-order valence-electron chi connectivity index (χ2n) is 6.43. The SMILES string of the molecule is CC1=NN(c2ccccc2)P2(Nc3ccccc3)(Nc3ccccc3O2)O1. The molecule has 5 rings (SSSR count). The molecule has 0 aromatic heterocycles. The van der Waals surface area contributed by atoms with Crippen LogP contribution in [0, 0.1) is 0 Å². The Kier molecular flexibility index (Phi) is 3.33. The summed E-state index contributed by atoms with van der Waals surface area (Å²) in [6.45, 7) is 1.83. The number of nitrogens with one attached hydrogen (secondary N) is 2. The van der Waals surface area contributed by atoms with Gasteiger partial charge < -0.3 is 0 Å². The molecule has 27 heavy (non-hydrogen) atoms. The van der Waals surface area contributed by atoms with Gasteiger partial charge >= 0.3 is 157 Å². The van der Waals surface area contributed by atoms with Gasteiger partial charge in [0.15, 0.2) is 0 Å². The molecule has 2 heterocycles. The van der Waals surface area contributed by atoms with Gasteiger partial charge in [-0.05, 0) is 0 Å². The minimum atomic E-state index is -3.87. The molecule has 0 atom stereocenters. The summed E-state index contributed by atoms with van der Waals surface area (Å²) in [6.07, 6.45) is 0. The normalized spacial score (nSPS) is 19.7. The van der Waals surface area contributed by atoms with Gasteiger partial charge in [0, 0.05) is 0 Å².